The molecular formula is C23H32N2O4S. The summed E-state index contributed by atoms with van der Waals surface area (Å²) in [5.41, 5.74) is 2.87. The summed E-state index contributed by atoms with van der Waals surface area (Å²) in [6.07, 6.45) is 0. The fourth-order valence-electron chi connectivity index (χ4n) is 2.89. The van der Waals surface area contributed by atoms with Crippen LogP contribution in [0.3, 0.4) is 0 Å². The number of amides is 2. The Balaban J connectivity index is 2.08. The zero-order valence-corrected chi connectivity index (χ0v) is 19.2. The molecule has 7 heteroatoms. The fourth-order valence-corrected chi connectivity index (χ4v) is 3.41. The number of carbonyl (C=O) groups is 1. The molecule has 0 saturated carbocycles. The van der Waals surface area contributed by atoms with Crippen LogP contribution in [0.1, 0.15) is 51.7 Å². The van der Waals surface area contributed by atoms with Gasteiger partial charge in [0.15, 0.2) is 0 Å². The van der Waals surface area contributed by atoms with Gasteiger partial charge in [-0.05, 0) is 54.2 Å². The second-order valence-electron chi connectivity index (χ2n) is 8.05. The average Bonchev–Trinajstić information content (AvgIpc) is 2.68. The molecule has 0 aliphatic heterocycles. The van der Waals surface area contributed by atoms with Crippen molar-refractivity contribution >= 4 is 21.8 Å². The predicted molar refractivity (Wildman–Crippen MR) is 121 cm³/mol. The van der Waals surface area contributed by atoms with Crippen molar-refractivity contribution in [3.8, 4) is 5.75 Å². The Bertz CT molecular complexity index is 921. The van der Waals surface area contributed by atoms with Crippen molar-refractivity contribution < 1.29 is 17.4 Å². The molecule has 164 valence electrons. The van der Waals surface area contributed by atoms with Crippen LogP contribution in [-0.2, 0) is 16.7 Å². The molecule has 0 aliphatic rings. The van der Waals surface area contributed by atoms with E-state index in [1.807, 2.05) is 24.3 Å². The van der Waals surface area contributed by atoms with Crippen molar-refractivity contribution in [2.24, 2.45) is 5.92 Å². The van der Waals surface area contributed by atoms with Gasteiger partial charge < -0.3 is 14.4 Å². The highest BCUT2D eigenvalue weighted by atomic mass is 32.2. The maximum Gasteiger partial charge on any atom is 0.322 e. The lowest BCUT2D eigenvalue weighted by Gasteiger charge is -2.25. The number of nitrogens with one attached hydrogen (secondary N) is 1. The van der Waals surface area contributed by atoms with Crippen LogP contribution in [0.25, 0.3) is 0 Å². The zero-order valence-electron chi connectivity index (χ0n) is 18.4. The highest BCUT2D eigenvalue weighted by Gasteiger charge is 2.16. The molecule has 0 atom stereocenters. The smallest absolute Gasteiger partial charge is 0.322 e. The summed E-state index contributed by atoms with van der Waals surface area (Å²) < 4.78 is 28.2. The maximum atomic E-state index is 12.9. The third kappa shape index (κ3) is 7.37. The Morgan fingerprint density at radius 1 is 1.00 bits per heavy atom. The molecule has 0 spiro atoms. The fraction of sp³-hybridized carbons (Fsp3) is 0.435. The first-order chi connectivity index (χ1) is 14.1. The minimum absolute atomic E-state index is 0.0881. The van der Waals surface area contributed by atoms with Crippen LogP contribution in [0, 0.1) is 5.92 Å². The summed E-state index contributed by atoms with van der Waals surface area (Å²) in [6, 6.07) is 14.5. The van der Waals surface area contributed by atoms with Crippen molar-refractivity contribution in [3.05, 3.63) is 59.7 Å². The van der Waals surface area contributed by atoms with E-state index in [0.717, 1.165) is 11.3 Å². The van der Waals surface area contributed by atoms with Gasteiger partial charge in [0.1, 0.15) is 5.75 Å². The topological polar surface area (TPSA) is 75.7 Å². The molecule has 1 N–H and O–H groups in total. The van der Waals surface area contributed by atoms with Gasteiger partial charge in [-0.1, -0.05) is 52.0 Å². The van der Waals surface area contributed by atoms with Crippen LogP contribution >= 0.6 is 0 Å². The van der Waals surface area contributed by atoms with Crippen molar-refractivity contribution in [3.63, 3.8) is 0 Å². The van der Waals surface area contributed by atoms with Crippen molar-refractivity contribution in [2.45, 2.75) is 47.1 Å². The van der Waals surface area contributed by atoms with E-state index in [9.17, 15) is 13.2 Å². The van der Waals surface area contributed by atoms with Crippen LogP contribution in [0.2, 0.25) is 0 Å². The van der Waals surface area contributed by atoms with E-state index in [0.29, 0.717) is 24.9 Å². The first kappa shape index (κ1) is 23.7. The van der Waals surface area contributed by atoms with Crippen LogP contribution in [0.15, 0.2) is 48.5 Å². The minimum atomic E-state index is -3.56. The average molecular weight is 433 g/mol. The third-order valence-electron chi connectivity index (χ3n) is 4.57. The molecule has 0 saturated heterocycles. The van der Waals surface area contributed by atoms with E-state index in [1.165, 1.54) is 12.5 Å². The number of urea groups is 1. The highest BCUT2D eigenvalue weighted by molar-refractivity contribution is 7.87. The van der Waals surface area contributed by atoms with E-state index in [1.54, 1.807) is 29.2 Å². The highest BCUT2D eigenvalue weighted by Crippen LogP contribution is 2.19. The monoisotopic (exact) mass is 432 g/mol. The lowest BCUT2D eigenvalue weighted by Crippen LogP contribution is -2.37. The van der Waals surface area contributed by atoms with E-state index >= 15 is 0 Å². The number of hydrogen-bond donors (Lipinski definition) is 1. The molecule has 0 bridgehead atoms. The molecule has 0 fully saturated rings. The van der Waals surface area contributed by atoms with Gasteiger partial charge in [0.25, 0.3) is 0 Å². The summed E-state index contributed by atoms with van der Waals surface area (Å²) >= 11 is 0. The molecular weight excluding hydrogens is 400 g/mol. The second kappa shape index (κ2) is 10.5. The van der Waals surface area contributed by atoms with Crippen molar-refractivity contribution in [2.75, 3.05) is 17.6 Å². The molecule has 30 heavy (non-hydrogen) atoms. The number of nitrogens with zero attached hydrogens (tertiary/aromatic N) is 1. The summed E-state index contributed by atoms with van der Waals surface area (Å²) in [5.74, 6) is 0.920. The molecule has 0 aliphatic carbocycles. The minimum Gasteiger partial charge on any atom is -0.382 e. The SMILES string of the molecule is CCS(=O)(=O)Oc1ccc(CN(CC(C)C)C(=O)Nc2ccc(C(C)C)cc2)cc1. The summed E-state index contributed by atoms with van der Waals surface area (Å²) in [5, 5.41) is 2.97. The van der Waals surface area contributed by atoms with Crippen molar-refractivity contribution in [1.29, 1.82) is 0 Å². The standard InChI is InChI=1S/C23H32N2O4S/c1-6-30(27,28)29-22-13-7-19(8-14-22)16-25(15-17(2)3)23(26)24-21-11-9-20(10-12-21)18(4)5/h7-14,17-18H,6,15-16H2,1-5H3,(H,24,26). The second-order valence-corrected chi connectivity index (χ2v) is 9.91. The van der Waals surface area contributed by atoms with Crippen LogP contribution in [0.4, 0.5) is 10.5 Å². The van der Waals surface area contributed by atoms with E-state index < -0.39 is 10.1 Å². The molecule has 6 nitrogen and oxygen atoms in total. The Kier molecular flexibility index (Phi) is 8.29. The van der Waals surface area contributed by atoms with Gasteiger partial charge in [-0.15, -0.1) is 0 Å². The number of carbonyl (C=O) groups excluding carboxylic acids is 1. The molecule has 0 radical (unpaired) electrons. The summed E-state index contributed by atoms with van der Waals surface area (Å²) in [6.45, 7) is 10.9. The van der Waals surface area contributed by atoms with E-state index in [-0.39, 0.29) is 17.5 Å². The molecule has 2 amide bonds. The number of rotatable bonds is 9. The number of benzene rings is 2. The maximum absolute atomic E-state index is 12.9. The van der Waals surface area contributed by atoms with E-state index in [4.69, 9.17) is 4.18 Å². The van der Waals surface area contributed by atoms with Gasteiger partial charge in [-0.2, -0.15) is 8.42 Å². The number of hydrogen-bond acceptors (Lipinski definition) is 4. The third-order valence-corrected chi connectivity index (χ3v) is 5.73. The van der Waals surface area contributed by atoms with Crippen LogP contribution in [-0.4, -0.2) is 31.6 Å². The summed E-state index contributed by atoms with van der Waals surface area (Å²) in [4.78, 5) is 14.6. The zero-order chi connectivity index (χ0) is 22.3. The van der Waals surface area contributed by atoms with Gasteiger partial charge in [0.05, 0.1) is 5.75 Å². The van der Waals surface area contributed by atoms with Crippen LogP contribution < -0.4 is 9.50 Å². The largest absolute Gasteiger partial charge is 0.382 e. The molecule has 2 aromatic carbocycles. The molecule has 0 heterocycles. The van der Waals surface area contributed by atoms with Gasteiger partial charge in [0, 0.05) is 18.8 Å². The van der Waals surface area contributed by atoms with Gasteiger partial charge >= 0.3 is 16.1 Å². The molecule has 2 rings (SSSR count). The first-order valence-corrected chi connectivity index (χ1v) is 11.8. The van der Waals surface area contributed by atoms with Gasteiger partial charge in [-0.25, -0.2) is 4.79 Å². The first-order valence-electron chi connectivity index (χ1n) is 10.3. The Morgan fingerprint density at radius 2 is 1.60 bits per heavy atom. The quantitative estimate of drug-likeness (QED) is 0.551. The Morgan fingerprint density at radius 3 is 2.10 bits per heavy atom. The lowest BCUT2D eigenvalue weighted by molar-refractivity contribution is 0.201. The lowest BCUT2D eigenvalue weighted by atomic mass is 10.0. The van der Waals surface area contributed by atoms with Gasteiger partial charge in [-0.3, -0.25) is 0 Å². The van der Waals surface area contributed by atoms with E-state index in [2.05, 4.69) is 33.0 Å². The Labute approximate surface area is 180 Å². The molecule has 0 unspecified atom stereocenters. The van der Waals surface area contributed by atoms with Crippen molar-refractivity contribution in [1.82, 2.24) is 4.90 Å². The predicted octanol–water partition coefficient (Wildman–Crippen LogP) is 5.23. The Hall–Kier alpha value is -2.54. The van der Waals surface area contributed by atoms with Gasteiger partial charge in [0.2, 0.25) is 0 Å². The number of anilines is 1. The van der Waals surface area contributed by atoms with Crippen LogP contribution in [0.5, 0.6) is 5.75 Å². The molecule has 2 aromatic rings. The normalized spacial score (nSPS) is 11.6. The molecule has 0 aromatic heterocycles. The summed E-state index contributed by atoms with van der Waals surface area (Å²) in [7, 11) is -3.56.